The highest BCUT2D eigenvalue weighted by Crippen LogP contribution is 2.24. The zero-order chi connectivity index (χ0) is 15.2. The summed E-state index contributed by atoms with van der Waals surface area (Å²) in [7, 11) is 0. The fourth-order valence-electron chi connectivity index (χ4n) is 2.85. The minimum Gasteiger partial charge on any atom is -0.369 e. The number of nitrogens with one attached hydrogen (secondary N) is 2. The van der Waals surface area contributed by atoms with Gasteiger partial charge in [-0.1, -0.05) is 24.9 Å². The van der Waals surface area contributed by atoms with Crippen LogP contribution in [0.3, 0.4) is 0 Å². The number of halogens is 1. The van der Waals surface area contributed by atoms with Gasteiger partial charge < -0.3 is 16.0 Å². The van der Waals surface area contributed by atoms with Crippen molar-refractivity contribution in [2.45, 2.75) is 64.5 Å². The molecule has 0 unspecified atom stereocenters. The molecule has 0 spiro atoms. The van der Waals surface area contributed by atoms with Crippen molar-refractivity contribution in [3.8, 4) is 0 Å². The van der Waals surface area contributed by atoms with Crippen LogP contribution in [0, 0.1) is 5.92 Å². The SMILES string of the molecule is CCCCc1nc(Cl)c(CNC2CCC(C(N)=O)CC2)[nH]1. The molecule has 1 aromatic rings. The zero-order valence-corrected chi connectivity index (χ0v) is 13.4. The van der Waals surface area contributed by atoms with Gasteiger partial charge in [0.1, 0.15) is 5.82 Å². The molecule has 1 aliphatic rings. The molecule has 0 aliphatic heterocycles. The van der Waals surface area contributed by atoms with E-state index in [-0.39, 0.29) is 11.8 Å². The van der Waals surface area contributed by atoms with Crippen LogP contribution in [0.1, 0.15) is 57.0 Å². The van der Waals surface area contributed by atoms with Gasteiger partial charge >= 0.3 is 0 Å². The fraction of sp³-hybridized carbons (Fsp3) is 0.733. The summed E-state index contributed by atoms with van der Waals surface area (Å²) in [5, 5.41) is 4.07. The Balaban J connectivity index is 1.78. The van der Waals surface area contributed by atoms with Crippen molar-refractivity contribution in [1.29, 1.82) is 0 Å². The second-order valence-corrected chi connectivity index (χ2v) is 6.25. The molecule has 0 atom stereocenters. The second kappa shape index (κ2) is 7.80. The first kappa shape index (κ1) is 16.3. The van der Waals surface area contributed by atoms with Crippen LogP contribution in [-0.2, 0) is 17.8 Å². The van der Waals surface area contributed by atoms with Gasteiger partial charge in [0.05, 0.1) is 5.69 Å². The van der Waals surface area contributed by atoms with Gasteiger partial charge in [0.25, 0.3) is 0 Å². The second-order valence-electron chi connectivity index (χ2n) is 5.89. The normalized spacial score (nSPS) is 22.4. The van der Waals surface area contributed by atoms with Gasteiger partial charge in [-0.2, -0.15) is 0 Å². The number of imidazole rings is 1. The lowest BCUT2D eigenvalue weighted by atomic mass is 9.85. The maximum absolute atomic E-state index is 11.1. The largest absolute Gasteiger partial charge is 0.369 e. The summed E-state index contributed by atoms with van der Waals surface area (Å²) in [5.74, 6) is 0.862. The maximum atomic E-state index is 11.1. The van der Waals surface area contributed by atoms with Gasteiger partial charge in [-0.3, -0.25) is 4.79 Å². The van der Waals surface area contributed by atoms with E-state index in [2.05, 4.69) is 22.2 Å². The lowest BCUT2D eigenvalue weighted by Gasteiger charge is -2.27. The summed E-state index contributed by atoms with van der Waals surface area (Å²) in [6, 6.07) is 0.430. The van der Waals surface area contributed by atoms with Crippen molar-refractivity contribution in [3.63, 3.8) is 0 Å². The quantitative estimate of drug-likeness (QED) is 0.723. The number of H-pyrrole nitrogens is 1. The third-order valence-corrected chi connectivity index (χ3v) is 4.55. The number of hydrogen-bond donors (Lipinski definition) is 3. The van der Waals surface area contributed by atoms with Crippen molar-refractivity contribution >= 4 is 17.5 Å². The molecule has 0 aromatic carbocycles. The number of rotatable bonds is 7. The predicted molar refractivity (Wildman–Crippen MR) is 84.0 cm³/mol. The minimum absolute atomic E-state index is 0.0550. The van der Waals surface area contributed by atoms with E-state index in [4.69, 9.17) is 17.3 Å². The van der Waals surface area contributed by atoms with Crippen LogP contribution in [0.25, 0.3) is 0 Å². The third-order valence-electron chi connectivity index (χ3n) is 4.24. The molecule has 0 radical (unpaired) electrons. The van der Waals surface area contributed by atoms with E-state index < -0.39 is 0 Å². The zero-order valence-electron chi connectivity index (χ0n) is 12.6. The van der Waals surface area contributed by atoms with Gasteiger partial charge in [-0.15, -0.1) is 0 Å². The Hall–Kier alpha value is -1.07. The van der Waals surface area contributed by atoms with E-state index in [9.17, 15) is 4.79 Å². The molecule has 118 valence electrons. The van der Waals surface area contributed by atoms with Crippen LogP contribution in [0.4, 0.5) is 0 Å². The average Bonchev–Trinajstić information content (AvgIpc) is 2.83. The molecule has 21 heavy (non-hydrogen) atoms. The molecule has 5 nitrogen and oxygen atoms in total. The number of primary amides is 1. The maximum Gasteiger partial charge on any atom is 0.220 e. The number of unbranched alkanes of at least 4 members (excludes halogenated alkanes) is 1. The molecular weight excluding hydrogens is 288 g/mol. The van der Waals surface area contributed by atoms with Crippen molar-refractivity contribution < 1.29 is 4.79 Å². The molecule has 4 N–H and O–H groups in total. The summed E-state index contributed by atoms with van der Waals surface area (Å²) in [5.41, 5.74) is 6.31. The standard InChI is InChI=1S/C15H25ClN4O/c1-2-3-4-13-19-12(14(16)20-13)9-18-11-7-5-10(6-8-11)15(17)21/h10-11,18H,2-9H2,1H3,(H2,17,21)(H,19,20). The molecule has 2 rings (SSSR count). The number of aromatic nitrogens is 2. The van der Waals surface area contributed by atoms with Crippen LogP contribution in [0.2, 0.25) is 5.15 Å². The lowest BCUT2D eigenvalue weighted by molar-refractivity contribution is -0.122. The number of carbonyl (C=O) groups excluding carboxylic acids is 1. The van der Waals surface area contributed by atoms with Gasteiger partial charge in [0.15, 0.2) is 5.15 Å². The van der Waals surface area contributed by atoms with Gasteiger partial charge in [-0.05, 0) is 32.1 Å². The van der Waals surface area contributed by atoms with Crippen molar-refractivity contribution in [2.75, 3.05) is 0 Å². The highest BCUT2D eigenvalue weighted by atomic mass is 35.5. The first-order valence-electron chi connectivity index (χ1n) is 7.86. The summed E-state index contributed by atoms with van der Waals surface area (Å²) in [6.07, 6.45) is 6.95. The van der Waals surface area contributed by atoms with E-state index in [1.807, 2.05) is 0 Å². The molecule has 0 saturated heterocycles. The summed E-state index contributed by atoms with van der Waals surface area (Å²) in [4.78, 5) is 18.8. The molecule has 1 heterocycles. The fourth-order valence-corrected chi connectivity index (χ4v) is 3.06. The molecular formula is C15H25ClN4O. The Morgan fingerprint density at radius 1 is 1.43 bits per heavy atom. The molecule has 1 amide bonds. The number of amides is 1. The molecule has 1 saturated carbocycles. The van der Waals surface area contributed by atoms with Gasteiger partial charge in [0.2, 0.25) is 5.91 Å². The molecule has 1 aromatic heterocycles. The van der Waals surface area contributed by atoms with Gasteiger partial charge in [-0.25, -0.2) is 4.98 Å². The summed E-state index contributed by atoms with van der Waals surface area (Å²) < 4.78 is 0. The monoisotopic (exact) mass is 312 g/mol. The minimum atomic E-state index is -0.161. The molecule has 1 aliphatic carbocycles. The molecule has 1 fully saturated rings. The van der Waals surface area contributed by atoms with Crippen LogP contribution >= 0.6 is 11.6 Å². The summed E-state index contributed by atoms with van der Waals surface area (Å²) >= 11 is 6.16. The van der Waals surface area contributed by atoms with E-state index in [0.29, 0.717) is 17.7 Å². The average molecular weight is 313 g/mol. The Morgan fingerprint density at radius 3 is 2.76 bits per heavy atom. The van der Waals surface area contributed by atoms with Crippen LogP contribution in [-0.4, -0.2) is 21.9 Å². The Labute approximate surface area is 131 Å². The Morgan fingerprint density at radius 2 is 2.14 bits per heavy atom. The predicted octanol–water partition coefficient (Wildman–Crippen LogP) is 2.54. The van der Waals surface area contributed by atoms with E-state index in [0.717, 1.165) is 56.5 Å². The first-order valence-corrected chi connectivity index (χ1v) is 8.24. The van der Waals surface area contributed by atoms with Crippen LogP contribution in [0.5, 0.6) is 0 Å². The topological polar surface area (TPSA) is 83.8 Å². The Kier molecular flexibility index (Phi) is 6.06. The number of carbonyl (C=O) groups is 1. The van der Waals surface area contributed by atoms with E-state index >= 15 is 0 Å². The molecule has 6 heteroatoms. The van der Waals surface area contributed by atoms with E-state index in [1.54, 1.807) is 0 Å². The summed E-state index contributed by atoms with van der Waals surface area (Å²) in [6.45, 7) is 2.86. The first-order chi connectivity index (χ1) is 10.1. The van der Waals surface area contributed by atoms with Crippen LogP contribution < -0.4 is 11.1 Å². The molecule has 0 bridgehead atoms. The number of hydrogen-bond acceptors (Lipinski definition) is 3. The van der Waals surface area contributed by atoms with Crippen molar-refractivity contribution in [3.05, 3.63) is 16.7 Å². The number of aromatic amines is 1. The lowest BCUT2D eigenvalue weighted by Crippen LogP contribution is -2.36. The highest BCUT2D eigenvalue weighted by molar-refractivity contribution is 6.30. The number of nitrogens with two attached hydrogens (primary N) is 1. The highest BCUT2D eigenvalue weighted by Gasteiger charge is 2.24. The number of nitrogens with zero attached hydrogens (tertiary/aromatic N) is 1. The van der Waals surface area contributed by atoms with Gasteiger partial charge in [0, 0.05) is 24.9 Å². The number of aryl methyl sites for hydroxylation is 1. The van der Waals surface area contributed by atoms with E-state index in [1.165, 1.54) is 0 Å². The smallest absolute Gasteiger partial charge is 0.220 e. The van der Waals surface area contributed by atoms with Crippen molar-refractivity contribution in [2.24, 2.45) is 11.7 Å². The van der Waals surface area contributed by atoms with Crippen LogP contribution in [0.15, 0.2) is 0 Å². The Bertz CT molecular complexity index is 466. The van der Waals surface area contributed by atoms with Crippen molar-refractivity contribution in [1.82, 2.24) is 15.3 Å². The third kappa shape index (κ3) is 4.71.